The van der Waals surface area contributed by atoms with Crippen molar-refractivity contribution in [2.45, 2.75) is 6.54 Å². The van der Waals surface area contributed by atoms with Crippen LogP contribution in [0.5, 0.6) is 0 Å². The molecule has 0 saturated carbocycles. The molecule has 3 heterocycles. The van der Waals surface area contributed by atoms with Crippen molar-refractivity contribution in [1.29, 1.82) is 0 Å². The molecule has 5 heteroatoms. The Kier molecular flexibility index (Phi) is 3.55. The molecular weight excluding hydrogens is 309 g/mol. The first-order valence-electron chi connectivity index (χ1n) is 7.30. The molecule has 0 atom stereocenters. The van der Waals surface area contributed by atoms with Gasteiger partial charge >= 0.3 is 0 Å². The van der Waals surface area contributed by atoms with E-state index >= 15 is 0 Å². The lowest BCUT2D eigenvalue weighted by atomic mass is 10.2. The summed E-state index contributed by atoms with van der Waals surface area (Å²) in [6.07, 6.45) is 1.47. The van der Waals surface area contributed by atoms with E-state index in [1.165, 1.54) is 12.3 Å². The van der Waals surface area contributed by atoms with E-state index in [1.807, 2.05) is 35.7 Å². The van der Waals surface area contributed by atoms with Crippen LogP contribution in [0.15, 0.2) is 66.2 Å². The fourth-order valence-electron chi connectivity index (χ4n) is 2.55. The molecule has 0 amide bonds. The van der Waals surface area contributed by atoms with Crippen LogP contribution in [0.4, 0.5) is 10.2 Å². The van der Waals surface area contributed by atoms with Crippen molar-refractivity contribution in [2.24, 2.45) is 0 Å². The van der Waals surface area contributed by atoms with Gasteiger partial charge in [-0.1, -0.05) is 36.4 Å². The van der Waals surface area contributed by atoms with E-state index in [-0.39, 0.29) is 5.82 Å². The fourth-order valence-corrected chi connectivity index (χ4v) is 3.27. The highest BCUT2D eigenvalue weighted by Gasteiger charge is 2.15. The maximum atomic E-state index is 13.7. The van der Waals surface area contributed by atoms with Gasteiger partial charge in [0, 0.05) is 12.7 Å². The minimum Gasteiger partial charge on any atom is -0.365 e. The molecule has 0 aliphatic carbocycles. The summed E-state index contributed by atoms with van der Waals surface area (Å²) in [5.41, 5.74) is 2.74. The molecule has 0 bridgehead atoms. The van der Waals surface area contributed by atoms with E-state index in [1.54, 1.807) is 21.8 Å². The number of nitrogens with one attached hydrogen (secondary N) is 1. The van der Waals surface area contributed by atoms with Crippen LogP contribution in [-0.4, -0.2) is 9.38 Å². The summed E-state index contributed by atoms with van der Waals surface area (Å²) < 4.78 is 15.4. The van der Waals surface area contributed by atoms with Crippen LogP contribution in [-0.2, 0) is 6.54 Å². The summed E-state index contributed by atoms with van der Waals surface area (Å²) in [6, 6.07) is 17.3. The first-order chi connectivity index (χ1) is 11.3. The summed E-state index contributed by atoms with van der Waals surface area (Å²) in [5, 5.41) is 5.42. The Morgan fingerprint density at radius 3 is 2.70 bits per heavy atom. The molecule has 1 N–H and O–H groups in total. The SMILES string of the molecule is Fc1ccc2nc(-c3cccs3)c(NCc3ccccc3)n2c1. The highest BCUT2D eigenvalue weighted by Crippen LogP contribution is 2.32. The number of fused-ring (bicyclic) bond motifs is 1. The Balaban J connectivity index is 1.79. The second-order valence-electron chi connectivity index (χ2n) is 5.20. The van der Waals surface area contributed by atoms with Crippen LogP contribution in [0.2, 0.25) is 0 Å². The Hall–Kier alpha value is -2.66. The van der Waals surface area contributed by atoms with E-state index in [0.717, 1.165) is 27.6 Å². The van der Waals surface area contributed by atoms with Gasteiger partial charge in [0.1, 0.15) is 23.0 Å². The standard InChI is InChI=1S/C18H14FN3S/c19-14-8-9-16-21-17(15-7-4-10-23-15)18(22(16)12-14)20-11-13-5-2-1-3-6-13/h1-10,12,20H,11H2. The van der Waals surface area contributed by atoms with Gasteiger partial charge in [-0.2, -0.15) is 0 Å². The molecule has 0 aliphatic rings. The van der Waals surface area contributed by atoms with E-state index in [2.05, 4.69) is 22.4 Å². The van der Waals surface area contributed by atoms with Crippen LogP contribution in [0.25, 0.3) is 16.2 Å². The number of halogens is 1. The summed E-state index contributed by atoms with van der Waals surface area (Å²) in [4.78, 5) is 5.71. The Labute approximate surface area is 137 Å². The molecule has 0 unspecified atom stereocenters. The van der Waals surface area contributed by atoms with Gasteiger partial charge in [-0.15, -0.1) is 11.3 Å². The average molecular weight is 323 g/mol. The van der Waals surface area contributed by atoms with Gasteiger partial charge in [-0.25, -0.2) is 9.37 Å². The number of anilines is 1. The molecular formula is C18H14FN3S. The zero-order valence-corrected chi connectivity index (χ0v) is 13.1. The fraction of sp³-hybridized carbons (Fsp3) is 0.0556. The highest BCUT2D eigenvalue weighted by molar-refractivity contribution is 7.13. The van der Waals surface area contributed by atoms with Gasteiger partial charge < -0.3 is 5.32 Å². The number of hydrogen-bond acceptors (Lipinski definition) is 3. The van der Waals surface area contributed by atoms with Crippen molar-refractivity contribution < 1.29 is 4.39 Å². The van der Waals surface area contributed by atoms with Crippen molar-refractivity contribution >= 4 is 22.8 Å². The van der Waals surface area contributed by atoms with Gasteiger partial charge in [-0.3, -0.25) is 4.40 Å². The Bertz CT molecular complexity index is 930. The van der Waals surface area contributed by atoms with Crippen molar-refractivity contribution in [3.63, 3.8) is 0 Å². The molecule has 4 aromatic rings. The van der Waals surface area contributed by atoms with Crippen LogP contribution in [0, 0.1) is 5.82 Å². The smallest absolute Gasteiger partial charge is 0.140 e. The number of pyridine rings is 1. The molecule has 23 heavy (non-hydrogen) atoms. The Morgan fingerprint density at radius 1 is 1.04 bits per heavy atom. The number of rotatable bonds is 4. The largest absolute Gasteiger partial charge is 0.365 e. The van der Waals surface area contributed by atoms with Crippen molar-refractivity contribution in [2.75, 3.05) is 5.32 Å². The lowest BCUT2D eigenvalue weighted by molar-refractivity contribution is 0.619. The van der Waals surface area contributed by atoms with Gasteiger partial charge in [0.05, 0.1) is 4.88 Å². The third kappa shape index (κ3) is 2.71. The number of thiophene rings is 1. The second-order valence-corrected chi connectivity index (χ2v) is 6.15. The predicted octanol–water partition coefficient (Wildman–Crippen LogP) is 4.81. The zero-order chi connectivity index (χ0) is 15.6. The second kappa shape index (κ2) is 5.85. The maximum Gasteiger partial charge on any atom is 0.140 e. The molecule has 3 aromatic heterocycles. The molecule has 0 saturated heterocycles. The van der Waals surface area contributed by atoms with Crippen molar-refractivity contribution in [3.05, 3.63) is 77.6 Å². The van der Waals surface area contributed by atoms with Crippen molar-refractivity contribution in [1.82, 2.24) is 9.38 Å². The van der Waals surface area contributed by atoms with Gasteiger partial charge in [0.25, 0.3) is 0 Å². The first kappa shape index (κ1) is 14.0. The molecule has 1 aromatic carbocycles. The topological polar surface area (TPSA) is 29.3 Å². The minimum absolute atomic E-state index is 0.282. The van der Waals surface area contributed by atoms with E-state index < -0.39 is 0 Å². The quantitative estimate of drug-likeness (QED) is 0.584. The zero-order valence-electron chi connectivity index (χ0n) is 12.2. The Morgan fingerprint density at radius 2 is 1.91 bits per heavy atom. The average Bonchev–Trinajstić information content (AvgIpc) is 3.21. The van der Waals surface area contributed by atoms with Crippen LogP contribution < -0.4 is 5.32 Å². The lowest BCUT2D eigenvalue weighted by Crippen LogP contribution is -2.03. The molecule has 0 fully saturated rings. The molecule has 0 aliphatic heterocycles. The molecule has 0 radical (unpaired) electrons. The third-order valence-electron chi connectivity index (χ3n) is 3.64. The van der Waals surface area contributed by atoms with E-state index in [0.29, 0.717) is 6.54 Å². The summed E-state index contributed by atoms with van der Waals surface area (Å²) in [5.74, 6) is 0.529. The normalized spacial score (nSPS) is 11.0. The van der Waals surface area contributed by atoms with Gasteiger partial charge in [-0.05, 0) is 29.1 Å². The number of benzene rings is 1. The van der Waals surface area contributed by atoms with E-state index in [9.17, 15) is 4.39 Å². The highest BCUT2D eigenvalue weighted by atomic mass is 32.1. The van der Waals surface area contributed by atoms with Gasteiger partial charge in [0.2, 0.25) is 0 Å². The third-order valence-corrected chi connectivity index (χ3v) is 4.52. The molecule has 4 rings (SSSR count). The van der Waals surface area contributed by atoms with Crippen LogP contribution in [0.3, 0.4) is 0 Å². The predicted molar refractivity (Wildman–Crippen MR) is 92.2 cm³/mol. The number of aromatic nitrogens is 2. The monoisotopic (exact) mass is 323 g/mol. The van der Waals surface area contributed by atoms with Crippen LogP contribution in [0.1, 0.15) is 5.56 Å². The van der Waals surface area contributed by atoms with Crippen molar-refractivity contribution in [3.8, 4) is 10.6 Å². The number of hydrogen-bond donors (Lipinski definition) is 1. The first-order valence-corrected chi connectivity index (χ1v) is 8.18. The maximum absolute atomic E-state index is 13.7. The summed E-state index contributed by atoms with van der Waals surface area (Å²) in [6.45, 7) is 0.656. The van der Waals surface area contributed by atoms with Crippen LogP contribution >= 0.6 is 11.3 Å². The molecule has 114 valence electrons. The molecule has 3 nitrogen and oxygen atoms in total. The summed E-state index contributed by atoms with van der Waals surface area (Å²) in [7, 11) is 0. The summed E-state index contributed by atoms with van der Waals surface area (Å²) >= 11 is 1.62. The minimum atomic E-state index is -0.282. The van der Waals surface area contributed by atoms with E-state index in [4.69, 9.17) is 0 Å². The van der Waals surface area contributed by atoms with Gasteiger partial charge in [0.15, 0.2) is 0 Å². The number of imidazole rings is 1. The lowest BCUT2D eigenvalue weighted by Gasteiger charge is -2.08. The molecule has 0 spiro atoms. The number of nitrogens with zero attached hydrogens (tertiary/aromatic N) is 2.